The molecule has 366 valence electrons. The fraction of sp³-hybridized carbons (Fsp3) is 0.194. The molecule has 0 bridgehead atoms. The topological polar surface area (TPSA) is 35.9 Å². The van der Waals surface area contributed by atoms with Gasteiger partial charge in [-0.15, -0.1) is 29.7 Å². The average Bonchev–Trinajstić information content (AvgIpc) is 4.13. The predicted molar refractivity (Wildman–Crippen MR) is 297 cm³/mol. The maximum Gasteiger partial charge on any atom is 0.268 e. The molecular formula is C67H60N4OPt-2. The molecule has 73 heavy (non-hydrogen) atoms. The maximum atomic E-state index is 9.24. The van der Waals surface area contributed by atoms with Crippen LogP contribution in [-0.2, 0) is 31.9 Å². The standard InChI is InChI=1S/C67H60N4O.Pt/c1-9-45(10-2)49-35-36-68-64(40-49)71-60-34-31-48(46-21-13-11-14-22-46)39-59(60)58-33-32-55(43-63(58)71)72-54-26-19-25-53(42-54)69-44-70(62-30-18-17-29-61(62)69)65-56(47-23-15-12-16-24-47)27-20-28-57(65)50-37-51(66(3,4)5)41-52(38-50)67(6,7)8;/h11-41,45H,9-10H2,1-8H3;/q-2;/i12D,15D,16D,23D,24D;. The zero-order valence-electron chi connectivity index (χ0n) is 47.5. The van der Waals surface area contributed by atoms with Crippen molar-refractivity contribution in [3.05, 3.63) is 223 Å². The van der Waals surface area contributed by atoms with E-state index in [0.29, 0.717) is 34.4 Å². The monoisotopic (exact) mass is 1140 g/mol. The van der Waals surface area contributed by atoms with Gasteiger partial charge in [0.2, 0.25) is 0 Å². The second kappa shape index (κ2) is 19.9. The summed E-state index contributed by atoms with van der Waals surface area (Å²) in [6.45, 7) is 17.7. The van der Waals surface area contributed by atoms with E-state index in [0.717, 1.165) is 84.9 Å². The van der Waals surface area contributed by atoms with E-state index in [1.54, 1.807) is 0 Å². The van der Waals surface area contributed by atoms with Gasteiger partial charge < -0.3 is 13.9 Å². The van der Waals surface area contributed by atoms with Crippen LogP contribution in [0, 0.1) is 18.5 Å². The number of benzene rings is 8. The Morgan fingerprint density at radius 3 is 2.01 bits per heavy atom. The molecule has 3 aromatic heterocycles. The quantitative estimate of drug-likeness (QED) is 0.0956. The Balaban J connectivity index is 0.00000688. The SMILES string of the molecule is [2H]c1c([2H])c([2H])c(-c2cccc(-c3cc(C(C)(C)C)cc(C(C)(C)C)c3)c2-[n+]2[c-]n(-c3[c-]c(Oc4[c-]c5c(cc4)c4cc(-c6ccccc6)ccc4n5-c4cc(C(CC)CC)ccn4)ccc3)c3ccccc32)c([2H])c1[2H].[Pt]. The first-order valence-corrected chi connectivity index (χ1v) is 25.0. The molecule has 5 nitrogen and oxygen atoms in total. The molecule has 8 aromatic carbocycles. The van der Waals surface area contributed by atoms with Gasteiger partial charge in [-0.25, -0.2) is 4.98 Å². The Morgan fingerprint density at radius 1 is 0.603 bits per heavy atom. The summed E-state index contributed by atoms with van der Waals surface area (Å²) in [7, 11) is 0. The first-order chi connectivity index (χ1) is 36.9. The van der Waals surface area contributed by atoms with Crippen LogP contribution in [0.1, 0.15) is 97.7 Å². The summed E-state index contributed by atoms with van der Waals surface area (Å²) in [5.41, 5.74) is 12.5. The number of aromatic nitrogens is 4. The number of pyridine rings is 1. The summed E-state index contributed by atoms with van der Waals surface area (Å²) in [6.07, 6.45) is 7.66. The van der Waals surface area contributed by atoms with Crippen LogP contribution in [0.25, 0.3) is 83.4 Å². The van der Waals surface area contributed by atoms with Crippen LogP contribution in [0.2, 0.25) is 0 Å². The van der Waals surface area contributed by atoms with E-state index in [1.807, 2.05) is 88.1 Å². The molecule has 0 fully saturated rings. The summed E-state index contributed by atoms with van der Waals surface area (Å²) in [5, 5.41) is 2.11. The van der Waals surface area contributed by atoms with E-state index < -0.39 is 18.1 Å². The first kappa shape index (κ1) is 43.3. The van der Waals surface area contributed by atoms with E-state index in [9.17, 15) is 2.74 Å². The minimum atomic E-state index is -0.445. The molecule has 6 heteroatoms. The number of rotatable bonds is 11. The molecule has 0 N–H and O–H groups in total. The fourth-order valence-corrected chi connectivity index (χ4v) is 10.0. The van der Waals surface area contributed by atoms with Crippen molar-refractivity contribution in [2.24, 2.45) is 0 Å². The normalized spacial score (nSPS) is 12.9. The van der Waals surface area contributed by atoms with Crippen LogP contribution in [0.4, 0.5) is 0 Å². The van der Waals surface area contributed by atoms with E-state index in [1.165, 1.54) is 5.56 Å². The summed E-state index contributed by atoms with van der Waals surface area (Å²) >= 11 is 0. The molecule has 0 saturated carbocycles. The van der Waals surface area contributed by atoms with Crippen molar-refractivity contribution in [2.75, 3.05) is 0 Å². The molecule has 0 aliphatic heterocycles. The van der Waals surface area contributed by atoms with Crippen LogP contribution in [0.15, 0.2) is 188 Å². The van der Waals surface area contributed by atoms with E-state index in [2.05, 4.69) is 157 Å². The van der Waals surface area contributed by atoms with Crippen molar-refractivity contribution < 1.29 is 37.2 Å². The van der Waals surface area contributed by atoms with E-state index in [4.69, 9.17) is 13.8 Å². The number of fused-ring (bicyclic) bond motifs is 4. The van der Waals surface area contributed by atoms with Crippen molar-refractivity contribution in [1.29, 1.82) is 0 Å². The fourth-order valence-electron chi connectivity index (χ4n) is 10.0. The Kier molecular flexibility index (Phi) is 11.8. The number of para-hydroxylation sites is 3. The summed E-state index contributed by atoms with van der Waals surface area (Å²) < 4.78 is 57.3. The smallest absolute Gasteiger partial charge is 0.268 e. The Hall–Kier alpha value is -7.33. The molecule has 0 atom stereocenters. The largest absolute Gasteiger partial charge is 0.510 e. The molecule has 0 aliphatic carbocycles. The van der Waals surface area contributed by atoms with Crippen LogP contribution < -0.4 is 9.30 Å². The van der Waals surface area contributed by atoms with Gasteiger partial charge in [0.15, 0.2) is 0 Å². The third kappa shape index (κ3) is 9.48. The molecule has 11 rings (SSSR count). The zero-order valence-corrected chi connectivity index (χ0v) is 44.8. The van der Waals surface area contributed by atoms with Gasteiger partial charge in [0.25, 0.3) is 6.33 Å². The van der Waals surface area contributed by atoms with Crippen LogP contribution in [0.3, 0.4) is 0 Å². The summed E-state index contributed by atoms with van der Waals surface area (Å²) in [4.78, 5) is 4.96. The van der Waals surface area contributed by atoms with Gasteiger partial charge in [-0.05, 0) is 109 Å². The zero-order chi connectivity index (χ0) is 54.1. The van der Waals surface area contributed by atoms with Crippen molar-refractivity contribution in [2.45, 2.75) is 85.0 Å². The third-order valence-electron chi connectivity index (χ3n) is 14.0. The van der Waals surface area contributed by atoms with Crippen LogP contribution in [-0.4, -0.2) is 14.1 Å². The second-order valence-corrected chi connectivity index (χ2v) is 20.7. The maximum absolute atomic E-state index is 9.24. The molecule has 0 saturated heterocycles. The molecular weight excluding hydrogens is 1070 g/mol. The average molecular weight is 1140 g/mol. The number of hydrogen-bond donors (Lipinski definition) is 0. The predicted octanol–water partition coefficient (Wildman–Crippen LogP) is 17.1. The number of imidazole rings is 1. The number of nitrogens with zero attached hydrogens (tertiary/aromatic N) is 4. The second-order valence-electron chi connectivity index (χ2n) is 20.7. The van der Waals surface area contributed by atoms with Gasteiger partial charge >= 0.3 is 0 Å². The van der Waals surface area contributed by atoms with Gasteiger partial charge in [0, 0.05) is 44.3 Å². The van der Waals surface area contributed by atoms with E-state index >= 15 is 0 Å². The van der Waals surface area contributed by atoms with Crippen molar-refractivity contribution in [1.82, 2.24) is 14.1 Å². The molecule has 0 radical (unpaired) electrons. The van der Waals surface area contributed by atoms with Gasteiger partial charge in [0.1, 0.15) is 5.82 Å². The number of ether oxygens (including phenoxy) is 1. The van der Waals surface area contributed by atoms with Gasteiger partial charge in [-0.3, -0.25) is 4.57 Å². The van der Waals surface area contributed by atoms with Crippen LogP contribution in [0.5, 0.6) is 11.5 Å². The van der Waals surface area contributed by atoms with Crippen molar-refractivity contribution in [3.63, 3.8) is 0 Å². The molecule has 0 unspecified atom stereocenters. The molecule has 0 spiro atoms. The minimum absolute atomic E-state index is 0. The minimum Gasteiger partial charge on any atom is -0.510 e. The van der Waals surface area contributed by atoms with Crippen molar-refractivity contribution >= 4 is 32.8 Å². The number of hydrogen-bond acceptors (Lipinski definition) is 2. The van der Waals surface area contributed by atoms with Crippen molar-refractivity contribution in [3.8, 4) is 62.1 Å². The van der Waals surface area contributed by atoms with Gasteiger partial charge in [-0.2, -0.15) is 18.2 Å². The molecule has 11 aromatic rings. The van der Waals surface area contributed by atoms with Gasteiger partial charge in [-0.1, -0.05) is 194 Å². The summed E-state index contributed by atoms with van der Waals surface area (Å²) in [6, 6.07) is 57.1. The van der Waals surface area contributed by atoms with Crippen LogP contribution >= 0.6 is 0 Å². The molecule has 0 amide bonds. The molecule has 3 heterocycles. The first-order valence-electron chi connectivity index (χ1n) is 27.5. The van der Waals surface area contributed by atoms with Gasteiger partial charge in [0.05, 0.1) is 23.6 Å². The Labute approximate surface area is 452 Å². The van der Waals surface area contributed by atoms with E-state index in [-0.39, 0.29) is 49.5 Å². The Morgan fingerprint density at radius 2 is 1.29 bits per heavy atom. The third-order valence-corrected chi connectivity index (χ3v) is 14.0. The Bertz CT molecular complexity index is 4030. The molecule has 0 aliphatic rings. The summed E-state index contributed by atoms with van der Waals surface area (Å²) in [5.74, 6) is 2.21.